The summed E-state index contributed by atoms with van der Waals surface area (Å²) >= 11 is 0. The SMILES string of the molecule is [2H]C1([2H])NCC(C)NC1C. The van der Waals surface area contributed by atoms with Gasteiger partial charge in [-0.2, -0.15) is 0 Å². The summed E-state index contributed by atoms with van der Waals surface area (Å²) in [6, 6.07) is 0.273. The quantitative estimate of drug-likeness (QED) is 0.464. The molecule has 2 unspecified atom stereocenters. The average Bonchev–Trinajstić information content (AvgIpc) is 1.81. The number of piperazine rings is 1. The van der Waals surface area contributed by atoms with Gasteiger partial charge in [0.2, 0.25) is 0 Å². The molecule has 2 heteroatoms. The van der Waals surface area contributed by atoms with E-state index in [1.165, 1.54) is 0 Å². The molecule has 2 N–H and O–H groups in total. The fraction of sp³-hybridized carbons (Fsp3) is 1.00. The molecule has 0 radical (unpaired) electrons. The zero-order chi connectivity index (χ0) is 7.78. The number of nitrogens with one attached hydrogen (secondary N) is 2. The van der Waals surface area contributed by atoms with Crippen LogP contribution in [0.5, 0.6) is 0 Å². The van der Waals surface area contributed by atoms with Crippen molar-refractivity contribution < 1.29 is 2.74 Å². The minimum absolute atomic E-state index is 0.101. The van der Waals surface area contributed by atoms with Gasteiger partial charge in [0.15, 0.2) is 0 Å². The summed E-state index contributed by atoms with van der Waals surface area (Å²) in [5.41, 5.74) is 0. The average molecular weight is 116 g/mol. The van der Waals surface area contributed by atoms with Crippen molar-refractivity contribution in [1.82, 2.24) is 10.6 Å². The van der Waals surface area contributed by atoms with Gasteiger partial charge in [-0.25, -0.2) is 0 Å². The molecule has 1 heterocycles. The molecule has 1 fully saturated rings. The van der Waals surface area contributed by atoms with Crippen LogP contribution in [0.1, 0.15) is 16.6 Å². The van der Waals surface area contributed by atoms with Crippen LogP contribution in [0.25, 0.3) is 0 Å². The highest BCUT2D eigenvalue weighted by molar-refractivity contribution is 4.76. The largest absolute Gasteiger partial charge is 0.314 e. The first-order valence-electron chi connectivity index (χ1n) is 4.03. The fourth-order valence-corrected chi connectivity index (χ4v) is 0.892. The van der Waals surface area contributed by atoms with E-state index in [4.69, 9.17) is 2.74 Å². The van der Waals surface area contributed by atoms with Crippen molar-refractivity contribution in [1.29, 1.82) is 0 Å². The van der Waals surface area contributed by atoms with Crippen LogP contribution in [0.3, 0.4) is 0 Å². The van der Waals surface area contributed by atoms with Crippen molar-refractivity contribution in [2.75, 3.05) is 13.0 Å². The molecule has 0 saturated carbocycles. The van der Waals surface area contributed by atoms with Crippen LogP contribution in [0.15, 0.2) is 0 Å². The maximum absolute atomic E-state index is 7.42. The van der Waals surface area contributed by atoms with E-state index < -0.39 is 6.50 Å². The molecule has 1 rings (SSSR count). The lowest BCUT2D eigenvalue weighted by Crippen LogP contribution is -2.52. The van der Waals surface area contributed by atoms with E-state index >= 15 is 0 Å². The van der Waals surface area contributed by atoms with Gasteiger partial charge in [-0.1, -0.05) is 0 Å². The van der Waals surface area contributed by atoms with Crippen LogP contribution in [0, 0.1) is 0 Å². The van der Waals surface area contributed by atoms with Gasteiger partial charge in [0.1, 0.15) is 0 Å². The molecule has 0 aromatic carbocycles. The minimum Gasteiger partial charge on any atom is -0.314 e. The summed E-state index contributed by atoms with van der Waals surface area (Å²) in [7, 11) is 0. The molecule has 1 saturated heterocycles. The Bertz CT molecular complexity index is 127. The summed E-state index contributed by atoms with van der Waals surface area (Å²) in [6.45, 7) is 3.35. The third-order valence-electron chi connectivity index (χ3n) is 1.26. The van der Waals surface area contributed by atoms with E-state index in [1.54, 1.807) is 0 Å². The zero-order valence-corrected chi connectivity index (χ0v) is 5.36. The fourth-order valence-electron chi connectivity index (χ4n) is 0.892. The van der Waals surface area contributed by atoms with E-state index in [0.717, 1.165) is 0 Å². The third kappa shape index (κ3) is 1.46. The van der Waals surface area contributed by atoms with Gasteiger partial charge >= 0.3 is 0 Å². The van der Waals surface area contributed by atoms with Crippen LogP contribution in [-0.2, 0) is 0 Å². The molecule has 0 bridgehead atoms. The van der Waals surface area contributed by atoms with Crippen LogP contribution >= 0.6 is 0 Å². The second kappa shape index (κ2) is 2.46. The Hall–Kier alpha value is -0.0800. The van der Waals surface area contributed by atoms with E-state index in [2.05, 4.69) is 10.6 Å². The summed E-state index contributed by atoms with van der Waals surface area (Å²) < 4.78 is 14.8. The van der Waals surface area contributed by atoms with Crippen molar-refractivity contribution in [3.8, 4) is 0 Å². The van der Waals surface area contributed by atoms with Crippen LogP contribution < -0.4 is 10.6 Å². The molecule has 48 valence electrons. The molecule has 0 amide bonds. The molecule has 0 spiro atoms. The Kier molecular flexibility index (Phi) is 1.19. The first-order chi connectivity index (χ1) is 4.52. The number of rotatable bonds is 0. The van der Waals surface area contributed by atoms with E-state index in [9.17, 15) is 0 Å². The maximum atomic E-state index is 7.42. The summed E-state index contributed by atoms with van der Waals surface area (Å²) in [4.78, 5) is 0. The molecular formula is C6H14N2. The molecule has 8 heavy (non-hydrogen) atoms. The summed E-state index contributed by atoms with van der Waals surface area (Å²) in [6.07, 6.45) is 0. The van der Waals surface area contributed by atoms with Gasteiger partial charge in [0.25, 0.3) is 0 Å². The van der Waals surface area contributed by atoms with Crippen molar-refractivity contribution in [2.45, 2.75) is 25.9 Å². The smallest absolute Gasteiger partial charge is 0.0444 e. The highest BCUT2D eigenvalue weighted by Crippen LogP contribution is 1.90. The highest BCUT2D eigenvalue weighted by Gasteiger charge is 2.11. The second-order valence-electron chi connectivity index (χ2n) is 2.31. The van der Waals surface area contributed by atoms with E-state index in [0.29, 0.717) is 12.6 Å². The van der Waals surface area contributed by atoms with E-state index in [1.807, 2.05) is 13.8 Å². The van der Waals surface area contributed by atoms with Crippen LogP contribution in [-0.4, -0.2) is 25.1 Å². The Morgan fingerprint density at radius 3 is 2.75 bits per heavy atom. The summed E-state index contributed by atoms with van der Waals surface area (Å²) in [5.74, 6) is 0. The molecule has 1 aliphatic heterocycles. The van der Waals surface area contributed by atoms with Gasteiger partial charge in [-0.15, -0.1) is 0 Å². The van der Waals surface area contributed by atoms with Crippen molar-refractivity contribution in [3.05, 3.63) is 0 Å². The van der Waals surface area contributed by atoms with Gasteiger partial charge < -0.3 is 10.6 Å². The highest BCUT2D eigenvalue weighted by atomic mass is 15.1. The Balaban J connectivity index is 2.52. The molecule has 2 nitrogen and oxygen atoms in total. The standard InChI is InChI=1S/C6H14N2/c1-5-3-7-4-6(2)8-5/h5-8H,3-4H2,1-2H3/i3D2. The van der Waals surface area contributed by atoms with Crippen LogP contribution in [0.2, 0.25) is 0 Å². The number of hydrogen-bond donors (Lipinski definition) is 2. The monoisotopic (exact) mass is 116 g/mol. The first kappa shape index (κ1) is 3.85. The van der Waals surface area contributed by atoms with Crippen LogP contribution in [0.4, 0.5) is 0 Å². The van der Waals surface area contributed by atoms with E-state index in [-0.39, 0.29) is 6.04 Å². The lowest BCUT2D eigenvalue weighted by molar-refractivity contribution is 0.370. The maximum Gasteiger partial charge on any atom is 0.0444 e. The van der Waals surface area contributed by atoms with Crippen molar-refractivity contribution >= 4 is 0 Å². The molecule has 1 aliphatic rings. The molecular weight excluding hydrogens is 100 g/mol. The Morgan fingerprint density at radius 1 is 1.50 bits per heavy atom. The molecule has 0 aliphatic carbocycles. The third-order valence-corrected chi connectivity index (χ3v) is 1.26. The topological polar surface area (TPSA) is 24.1 Å². The van der Waals surface area contributed by atoms with Gasteiger partial charge in [-0.05, 0) is 13.8 Å². The summed E-state index contributed by atoms with van der Waals surface area (Å²) in [5, 5.41) is 5.96. The predicted molar refractivity (Wildman–Crippen MR) is 34.9 cm³/mol. The zero-order valence-electron chi connectivity index (χ0n) is 7.36. The van der Waals surface area contributed by atoms with Gasteiger partial charge in [0.05, 0.1) is 0 Å². The molecule has 0 aromatic rings. The van der Waals surface area contributed by atoms with Crippen molar-refractivity contribution in [2.24, 2.45) is 0 Å². The lowest BCUT2D eigenvalue weighted by Gasteiger charge is -2.26. The lowest BCUT2D eigenvalue weighted by atomic mass is 10.2. The predicted octanol–water partition coefficient (Wildman–Crippen LogP) is -0.0438. The Morgan fingerprint density at radius 2 is 2.25 bits per heavy atom. The van der Waals surface area contributed by atoms with Gasteiger partial charge in [0, 0.05) is 27.9 Å². The minimum atomic E-state index is -1.24. The first-order valence-corrected chi connectivity index (χ1v) is 3.03. The Labute approximate surface area is 53.5 Å². The molecule has 2 atom stereocenters. The van der Waals surface area contributed by atoms with Crippen molar-refractivity contribution in [3.63, 3.8) is 0 Å². The van der Waals surface area contributed by atoms with Gasteiger partial charge in [-0.3, -0.25) is 0 Å². The second-order valence-corrected chi connectivity index (χ2v) is 2.31. The number of hydrogen-bond acceptors (Lipinski definition) is 2. The molecule has 0 aromatic heterocycles. The normalized spacial score (nSPS) is 49.8.